The van der Waals surface area contributed by atoms with Gasteiger partial charge in [0.15, 0.2) is 0 Å². The summed E-state index contributed by atoms with van der Waals surface area (Å²) < 4.78 is 6.52. The second kappa shape index (κ2) is 9.53. The van der Waals surface area contributed by atoms with Crippen molar-refractivity contribution in [2.24, 2.45) is 5.73 Å². The Balaban J connectivity index is 1.74. The van der Waals surface area contributed by atoms with Crippen LogP contribution in [-0.4, -0.2) is 66.9 Å². The lowest BCUT2D eigenvalue weighted by atomic mass is 10.0. The topological polar surface area (TPSA) is 111 Å². The molecule has 2 N–H and O–H groups in total. The Hall–Kier alpha value is -3.20. The highest BCUT2D eigenvalue weighted by Crippen LogP contribution is 2.22. The van der Waals surface area contributed by atoms with Gasteiger partial charge in [-0.2, -0.15) is 5.10 Å². The highest BCUT2D eigenvalue weighted by molar-refractivity contribution is 5.99. The number of carbonyl (C=O) groups is 2. The minimum absolute atomic E-state index is 0.188. The van der Waals surface area contributed by atoms with E-state index in [2.05, 4.69) is 5.10 Å². The number of aromatic nitrogens is 2. The van der Waals surface area contributed by atoms with Crippen molar-refractivity contribution in [3.8, 4) is 0 Å². The van der Waals surface area contributed by atoms with Gasteiger partial charge in [-0.15, -0.1) is 0 Å². The third kappa shape index (κ3) is 4.85. The molecule has 1 aliphatic rings. The molecular weight excluding hydrogens is 386 g/mol. The van der Waals surface area contributed by atoms with Crippen molar-refractivity contribution >= 4 is 17.5 Å². The van der Waals surface area contributed by atoms with Crippen molar-refractivity contribution in [1.29, 1.82) is 0 Å². The van der Waals surface area contributed by atoms with Gasteiger partial charge < -0.3 is 20.3 Å². The van der Waals surface area contributed by atoms with Crippen molar-refractivity contribution in [2.75, 3.05) is 45.3 Å². The number of primary amides is 1. The monoisotopic (exact) mass is 413 g/mol. The molecule has 3 rings (SSSR count). The fourth-order valence-electron chi connectivity index (χ4n) is 3.58. The average molecular weight is 413 g/mol. The molecule has 2 amide bonds. The van der Waals surface area contributed by atoms with Crippen LogP contribution in [0, 0.1) is 0 Å². The van der Waals surface area contributed by atoms with Gasteiger partial charge in [0.2, 0.25) is 5.91 Å². The third-order valence-corrected chi connectivity index (χ3v) is 5.31. The van der Waals surface area contributed by atoms with Crippen LogP contribution in [0.1, 0.15) is 39.6 Å². The second-order valence-electron chi connectivity index (χ2n) is 7.40. The molecule has 1 aliphatic heterocycles. The van der Waals surface area contributed by atoms with E-state index < -0.39 is 5.91 Å². The number of methoxy groups -OCH3 is 1. The number of nitrogens with two attached hydrogens (primary N) is 1. The standard InChI is InChI=1S/C21H27N5O4/c1-24(9-10-30-2)18-12-19(27)26(23-13-18)17-7-4-8-25(14-17)21(29)16-6-3-5-15(11-16)20(22)28/h3,5-6,11-13,17H,4,7-10,14H2,1-2H3,(H2,22,28)/t17-/m0/s1. The van der Waals surface area contributed by atoms with Crippen molar-refractivity contribution in [2.45, 2.75) is 18.9 Å². The zero-order valence-electron chi connectivity index (χ0n) is 17.3. The number of benzene rings is 1. The number of ether oxygens (including phenoxy) is 1. The number of rotatable bonds is 7. The summed E-state index contributed by atoms with van der Waals surface area (Å²) in [5.41, 5.74) is 6.53. The minimum Gasteiger partial charge on any atom is -0.383 e. The van der Waals surface area contributed by atoms with Crippen LogP contribution in [0.25, 0.3) is 0 Å². The Morgan fingerprint density at radius 1 is 1.30 bits per heavy atom. The van der Waals surface area contributed by atoms with Crippen LogP contribution in [0.2, 0.25) is 0 Å². The first-order valence-electron chi connectivity index (χ1n) is 9.88. The zero-order chi connectivity index (χ0) is 21.7. The molecule has 0 unspecified atom stereocenters. The Bertz CT molecular complexity index is 974. The molecule has 1 aromatic carbocycles. The normalized spacial score (nSPS) is 16.3. The summed E-state index contributed by atoms with van der Waals surface area (Å²) in [6.07, 6.45) is 3.18. The number of likely N-dealkylation sites (tertiary alicyclic amines) is 1. The summed E-state index contributed by atoms with van der Waals surface area (Å²) in [6.45, 7) is 2.17. The van der Waals surface area contributed by atoms with Crippen LogP contribution >= 0.6 is 0 Å². The highest BCUT2D eigenvalue weighted by Gasteiger charge is 2.27. The molecule has 9 nitrogen and oxygen atoms in total. The summed E-state index contributed by atoms with van der Waals surface area (Å²) in [5.74, 6) is -0.765. The van der Waals surface area contributed by atoms with E-state index in [0.29, 0.717) is 37.4 Å². The summed E-state index contributed by atoms with van der Waals surface area (Å²) in [5, 5.41) is 4.36. The molecule has 0 aliphatic carbocycles. The van der Waals surface area contributed by atoms with Gasteiger partial charge in [0.05, 0.1) is 24.5 Å². The number of hydrogen-bond donors (Lipinski definition) is 1. The molecular formula is C21H27N5O4. The summed E-state index contributed by atoms with van der Waals surface area (Å²) in [6, 6.07) is 7.73. The van der Waals surface area contributed by atoms with E-state index in [-0.39, 0.29) is 17.5 Å². The van der Waals surface area contributed by atoms with Crippen LogP contribution in [0.15, 0.2) is 41.3 Å². The van der Waals surface area contributed by atoms with E-state index in [4.69, 9.17) is 10.5 Å². The quantitative estimate of drug-likeness (QED) is 0.722. The molecule has 0 saturated carbocycles. The van der Waals surface area contributed by atoms with Gasteiger partial charge in [-0.25, -0.2) is 4.68 Å². The third-order valence-electron chi connectivity index (χ3n) is 5.31. The lowest BCUT2D eigenvalue weighted by Gasteiger charge is -2.33. The van der Waals surface area contributed by atoms with Crippen molar-refractivity contribution in [3.05, 3.63) is 58.0 Å². The molecule has 0 radical (unpaired) electrons. The molecule has 30 heavy (non-hydrogen) atoms. The number of anilines is 1. The Morgan fingerprint density at radius 3 is 2.77 bits per heavy atom. The maximum atomic E-state index is 12.9. The first-order chi connectivity index (χ1) is 14.4. The van der Waals surface area contributed by atoms with Gasteiger partial charge in [-0.05, 0) is 31.0 Å². The number of hydrogen-bond acceptors (Lipinski definition) is 6. The number of likely N-dealkylation sites (N-methyl/N-ethyl adjacent to an activating group) is 1. The van der Waals surface area contributed by atoms with Crippen LogP contribution in [0.4, 0.5) is 5.69 Å². The van der Waals surface area contributed by atoms with E-state index in [9.17, 15) is 14.4 Å². The van der Waals surface area contributed by atoms with E-state index in [1.807, 2.05) is 11.9 Å². The summed E-state index contributed by atoms with van der Waals surface area (Å²) in [4.78, 5) is 40.6. The van der Waals surface area contributed by atoms with Crippen molar-refractivity contribution < 1.29 is 14.3 Å². The molecule has 2 aromatic rings. The van der Waals surface area contributed by atoms with Gasteiger partial charge in [0.25, 0.3) is 11.5 Å². The molecule has 1 aromatic heterocycles. The van der Waals surface area contributed by atoms with E-state index in [1.165, 1.54) is 10.7 Å². The maximum Gasteiger partial charge on any atom is 0.269 e. The predicted octanol–water partition coefficient (Wildman–Crippen LogP) is 0.902. The van der Waals surface area contributed by atoms with E-state index in [1.54, 1.807) is 42.5 Å². The van der Waals surface area contributed by atoms with Crippen LogP contribution in [0.3, 0.4) is 0 Å². The molecule has 1 fully saturated rings. The second-order valence-corrected chi connectivity index (χ2v) is 7.40. The molecule has 1 atom stereocenters. The SMILES string of the molecule is COCCN(C)c1cnn([C@H]2CCCN(C(=O)c3cccc(C(N)=O)c3)C2)c(=O)c1. The predicted molar refractivity (Wildman–Crippen MR) is 113 cm³/mol. The molecule has 160 valence electrons. The zero-order valence-corrected chi connectivity index (χ0v) is 17.3. The Morgan fingerprint density at radius 2 is 2.07 bits per heavy atom. The smallest absolute Gasteiger partial charge is 0.269 e. The average Bonchev–Trinajstić information content (AvgIpc) is 2.77. The van der Waals surface area contributed by atoms with Crippen LogP contribution < -0.4 is 16.2 Å². The van der Waals surface area contributed by atoms with E-state index in [0.717, 1.165) is 18.5 Å². The van der Waals surface area contributed by atoms with Crippen LogP contribution in [-0.2, 0) is 4.74 Å². The number of nitrogens with zero attached hydrogens (tertiary/aromatic N) is 4. The first-order valence-corrected chi connectivity index (χ1v) is 9.88. The van der Waals surface area contributed by atoms with Gasteiger partial charge >= 0.3 is 0 Å². The maximum absolute atomic E-state index is 12.9. The van der Waals surface area contributed by atoms with Gasteiger partial charge in [-0.1, -0.05) is 6.07 Å². The van der Waals surface area contributed by atoms with Gasteiger partial charge in [-0.3, -0.25) is 14.4 Å². The Kier molecular flexibility index (Phi) is 6.83. The van der Waals surface area contributed by atoms with Crippen molar-refractivity contribution in [3.63, 3.8) is 0 Å². The Labute approximate surface area is 175 Å². The fourth-order valence-corrected chi connectivity index (χ4v) is 3.58. The van der Waals surface area contributed by atoms with Gasteiger partial charge in [0, 0.05) is 51.0 Å². The first kappa shape index (κ1) is 21.5. The number of piperidine rings is 1. The summed E-state index contributed by atoms with van der Waals surface area (Å²) in [7, 11) is 3.51. The summed E-state index contributed by atoms with van der Waals surface area (Å²) >= 11 is 0. The highest BCUT2D eigenvalue weighted by atomic mass is 16.5. The van der Waals surface area contributed by atoms with Crippen molar-refractivity contribution in [1.82, 2.24) is 14.7 Å². The number of carbonyl (C=O) groups excluding carboxylic acids is 2. The van der Waals surface area contributed by atoms with Gasteiger partial charge in [0.1, 0.15) is 0 Å². The molecule has 9 heteroatoms. The largest absolute Gasteiger partial charge is 0.383 e. The molecule has 0 spiro atoms. The molecule has 2 heterocycles. The fraction of sp³-hybridized carbons (Fsp3) is 0.429. The number of amides is 2. The minimum atomic E-state index is -0.576. The molecule has 1 saturated heterocycles. The van der Waals surface area contributed by atoms with Crippen LogP contribution in [0.5, 0.6) is 0 Å². The lowest BCUT2D eigenvalue weighted by molar-refractivity contribution is 0.0670. The lowest BCUT2D eigenvalue weighted by Crippen LogP contribution is -2.43. The van der Waals surface area contributed by atoms with E-state index >= 15 is 0 Å². The molecule has 0 bridgehead atoms.